The van der Waals surface area contributed by atoms with Crippen LogP contribution in [0, 0.1) is 11.2 Å². The van der Waals surface area contributed by atoms with Crippen LogP contribution in [-0.2, 0) is 16.1 Å². The number of rotatable bonds is 5. The lowest BCUT2D eigenvalue weighted by molar-refractivity contribution is -0.154. The average molecular weight is 359 g/mol. The topological polar surface area (TPSA) is 47.4 Å². The molecule has 1 unspecified atom stereocenters. The van der Waals surface area contributed by atoms with Crippen molar-refractivity contribution in [2.24, 2.45) is 5.41 Å². The number of likely N-dealkylation sites (tertiary alicyclic amines) is 1. The number of esters is 1. The molecule has 0 radical (unpaired) electrons. The van der Waals surface area contributed by atoms with Crippen LogP contribution < -0.4 is 0 Å². The van der Waals surface area contributed by atoms with Gasteiger partial charge < -0.3 is 9.30 Å². The molecule has 1 aromatic carbocycles. The van der Waals surface area contributed by atoms with Crippen LogP contribution in [0.4, 0.5) is 4.39 Å². The fraction of sp³-hybridized carbons (Fsp3) is 0.500. The molecule has 1 saturated heterocycles. The van der Waals surface area contributed by atoms with Crippen LogP contribution in [0.2, 0.25) is 0 Å². The lowest BCUT2D eigenvalue weighted by Crippen LogP contribution is -2.43. The Morgan fingerprint density at radius 2 is 1.96 bits per heavy atom. The summed E-state index contributed by atoms with van der Waals surface area (Å²) in [5.41, 5.74) is 1.78. The van der Waals surface area contributed by atoms with E-state index < -0.39 is 0 Å². The molecule has 0 aliphatic carbocycles. The third-order valence-corrected chi connectivity index (χ3v) is 5.54. The third kappa shape index (κ3) is 3.80. The fourth-order valence-corrected chi connectivity index (χ4v) is 3.59. The van der Waals surface area contributed by atoms with Crippen molar-refractivity contribution in [2.75, 3.05) is 20.2 Å². The Morgan fingerprint density at radius 3 is 2.58 bits per heavy atom. The normalized spacial score (nSPS) is 18.5. The number of aromatic nitrogens is 2. The molecule has 1 aliphatic rings. The molecule has 0 spiro atoms. The van der Waals surface area contributed by atoms with Gasteiger partial charge in [0.1, 0.15) is 5.82 Å². The molecule has 140 valence electrons. The summed E-state index contributed by atoms with van der Waals surface area (Å²) in [6.07, 6.45) is 5.29. The van der Waals surface area contributed by atoms with Crippen LogP contribution >= 0.6 is 0 Å². The van der Waals surface area contributed by atoms with E-state index in [-0.39, 0.29) is 23.2 Å². The zero-order chi connectivity index (χ0) is 18.7. The standard InChI is InChI=1S/C20H26FN3O2/c1-15(16-4-6-17(21)7-5-16)24-14-22-12-18(24)13-23-10-8-20(2,9-11-23)19(25)26-3/h4-7,12,14-15H,8-11,13H2,1-3H3. The van der Waals surface area contributed by atoms with E-state index in [2.05, 4.69) is 21.4 Å². The predicted molar refractivity (Wildman–Crippen MR) is 97.1 cm³/mol. The molecule has 2 aromatic rings. The average Bonchev–Trinajstić information content (AvgIpc) is 3.11. The lowest BCUT2D eigenvalue weighted by Gasteiger charge is -2.37. The molecule has 1 atom stereocenters. The van der Waals surface area contributed by atoms with Crippen LogP contribution in [0.15, 0.2) is 36.8 Å². The molecule has 3 rings (SSSR count). The van der Waals surface area contributed by atoms with Gasteiger partial charge in [-0.1, -0.05) is 12.1 Å². The summed E-state index contributed by atoms with van der Waals surface area (Å²) in [5, 5.41) is 0. The first-order chi connectivity index (χ1) is 12.4. The van der Waals surface area contributed by atoms with Gasteiger partial charge in [-0.15, -0.1) is 0 Å². The summed E-state index contributed by atoms with van der Waals surface area (Å²) in [5.74, 6) is -0.346. The van der Waals surface area contributed by atoms with E-state index in [9.17, 15) is 9.18 Å². The van der Waals surface area contributed by atoms with Gasteiger partial charge in [0.2, 0.25) is 0 Å². The number of imidazole rings is 1. The van der Waals surface area contributed by atoms with E-state index >= 15 is 0 Å². The van der Waals surface area contributed by atoms with Crippen LogP contribution in [-0.4, -0.2) is 40.6 Å². The number of carbonyl (C=O) groups is 1. The monoisotopic (exact) mass is 359 g/mol. The summed E-state index contributed by atoms with van der Waals surface area (Å²) in [7, 11) is 1.45. The zero-order valence-electron chi connectivity index (χ0n) is 15.6. The summed E-state index contributed by atoms with van der Waals surface area (Å²) < 4.78 is 20.2. The molecular formula is C20H26FN3O2. The van der Waals surface area contributed by atoms with Crippen LogP contribution in [0.1, 0.15) is 44.0 Å². The number of carbonyl (C=O) groups excluding carboxylic acids is 1. The lowest BCUT2D eigenvalue weighted by atomic mass is 9.80. The van der Waals surface area contributed by atoms with Crippen LogP contribution in [0.3, 0.4) is 0 Å². The molecule has 1 aliphatic heterocycles. The van der Waals surface area contributed by atoms with E-state index in [1.165, 1.54) is 19.2 Å². The molecule has 0 amide bonds. The van der Waals surface area contributed by atoms with Crippen LogP contribution in [0.5, 0.6) is 0 Å². The fourth-order valence-electron chi connectivity index (χ4n) is 3.59. The summed E-state index contributed by atoms with van der Waals surface area (Å²) in [4.78, 5) is 18.6. The second-order valence-corrected chi connectivity index (χ2v) is 7.35. The maximum absolute atomic E-state index is 13.2. The van der Waals surface area contributed by atoms with Gasteiger partial charge in [-0.2, -0.15) is 0 Å². The number of hydrogen-bond acceptors (Lipinski definition) is 4. The zero-order valence-corrected chi connectivity index (χ0v) is 15.6. The summed E-state index contributed by atoms with van der Waals surface area (Å²) in [6, 6.07) is 6.68. The second kappa shape index (κ2) is 7.58. The van der Waals surface area contributed by atoms with Crippen molar-refractivity contribution in [3.05, 3.63) is 53.9 Å². The van der Waals surface area contributed by atoms with Gasteiger partial charge in [-0.3, -0.25) is 9.69 Å². The van der Waals surface area contributed by atoms with E-state index in [1.807, 2.05) is 31.6 Å². The Bertz CT molecular complexity index is 749. The Kier molecular flexibility index (Phi) is 5.41. The number of ether oxygens (including phenoxy) is 1. The van der Waals surface area contributed by atoms with Crippen molar-refractivity contribution in [1.29, 1.82) is 0 Å². The van der Waals surface area contributed by atoms with E-state index in [1.54, 1.807) is 0 Å². The van der Waals surface area contributed by atoms with Crippen molar-refractivity contribution < 1.29 is 13.9 Å². The highest BCUT2D eigenvalue weighted by Crippen LogP contribution is 2.33. The van der Waals surface area contributed by atoms with E-state index in [4.69, 9.17) is 4.74 Å². The molecule has 1 fully saturated rings. The minimum atomic E-state index is -0.382. The number of benzene rings is 1. The van der Waals surface area contributed by atoms with Crippen molar-refractivity contribution in [3.63, 3.8) is 0 Å². The van der Waals surface area contributed by atoms with Gasteiger partial charge in [0.15, 0.2) is 0 Å². The molecule has 6 heteroatoms. The minimum absolute atomic E-state index is 0.0817. The van der Waals surface area contributed by atoms with Gasteiger partial charge in [0, 0.05) is 12.7 Å². The van der Waals surface area contributed by atoms with E-state index in [0.717, 1.165) is 43.7 Å². The first kappa shape index (κ1) is 18.6. The Morgan fingerprint density at radius 1 is 1.31 bits per heavy atom. The number of hydrogen-bond donors (Lipinski definition) is 0. The Labute approximate surface area is 153 Å². The molecule has 26 heavy (non-hydrogen) atoms. The van der Waals surface area contributed by atoms with Gasteiger partial charge in [0.05, 0.1) is 30.6 Å². The molecule has 0 saturated carbocycles. The number of piperidine rings is 1. The smallest absolute Gasteiger partial charge is 0.311 e. The summed E-state index contributed by atoms with van der Waals surface area (Å²) >= 11 is 0. The highest BCUT2D eigenvalue weighted by atomic mass is 19.1. The van der Waals surface area contributed by atoms with Crippen molar-refractivity contribution in [3.8, 4) is 0 Å². The first-order valence-electron chi connectivity index (χ1n) is 9.00. The van der Waals surface area contributed by atoms with Gasteiger partial charge in [-0.05, 0) is 57.5 Å². The van der Waals surface area contributed by atoms with E-state index in [0.29, 0.717) is 0 Å². The molecular weight excluding hydrogens is 333 g/mol. The van der Waals surface area contributed by atoms with Gasteiger partial charge in [0.25, 0.3) is 0 Å². The molecule has 1 aromatic heterocycles. The maximum Gasteiger partial charge on any atom is 0.311 e. The van der Waals surface area contributed by atoms with Crippen molar-refractivity contribution in [1.82, 2.24) is 14.5 Å². The Balaban J connectivity index is 1.66. The van der Waals surface area contributed by atoms with Gasteiger partial charge in [-0.25, -0.2) is 9.37 Å². The highest BCUT2D eigenvalue weighted by Gasteiger charge is 2.37. The SMILES string of the molecule is COC(=O)C1(C)CCN(Cc2cncn2C(C)c2ccc(F)cc2)CC1. The highest BCUT2D eigenvalue weighted by molar-refractivity contribution is 5.76. The largest absolute Gasteiger partial charge is 0.469 e. The predicted octanol–water partition coefficient (Wildman–Crippen LogP) is 3.41. The van der Waals surface area contributed by atoms with Crippen molar-refractivity contribution >= 4 is 5.97 Å². The first-order valence-corrected chi connectivity index (χ1v) is 9.00. The third-order valence-electron chi connectivity index (χ3n) is 5.54. The van der Waals surface area contributed by atoms with Crippen LogP contribution in [0.25, 0.3) is 0 Å². The molecule has 5 nitrogen and oxygen atoms in total. The summed E-state index contributed by atoms with van der Waals surface area (Å²) in [6.45, 7) is 6.55. The minimum Gasteiger partial charge on any atom is -0.469 e. The number of methoxy groups -OCH3 is 1. The number of halogens is 1. The second-order valence-electron chi connectivity index (χ2n) is 7.35. The maximum atomic E-state index is 13.2. The number of nitrogens with zero attached hydrogens (tertiary/aromatic N) is 3. The molecule has 2 heterocycles. The molecule has 0 bridgehead atoms. The Hall–Kier alpha value is -2.21. The molecule has 0 N–H and O–H groups in total. The quantitative estimate of drug-likeness (QED) is 0.768. The van der Waals surface area contributed by atoms with Gasteiger partial charge >= 0.3 is 5.97 Å². The van der Waals surface area contributed by atoms with Crippen molar-refractivity contribution in [2.45, 2.75) is 39.3 Å².